The van der Waals surface area contributed by atoms with E-state index in [4.69, 9.17) is 9.47 Å². The molecule has 0 spiro atoms. The number of benzene rings is 1. The van der Waals surface area contributed by atoms with E-state index < -0.39 is 0 Å². The fraction of sp³-hybridized carbons (Fsp3) is 0.667. The fourth-order valence-electron chi connectivity index (χ4n) is 3.92. The zero-order valence-corrected chi connectivity index (χ0v) is 21.6. The van der Waals surface area contributed by atoms with Crippen molar-refractivity contribution in [3.8, 4) is 0 Å². The molecule has 2 saturated heterocycles. The minimum atomic E-state index is 0. The summed E-state index contributed by atoms with van der Waals surface area (Å²) in [4.78, 5) is 19.2. The monoisotopic (exact) mass is 558 g/mol. The Morgan fingerprint density at radius 1 is 1.16 bits per heavy atom. The van der Waals surface area contributed by atoms with E-state index in [1.807, 2.05) is 29.2 Å². The van der Waals surface area contributed by atoms with Crippen molar-refractivity contribution in [2.24, 2.45) is 4.99 Å². The molecule has 0 saturated carbocycles. The van der Waals surface area contributed by atoms with Gasteiger partial charge in [0.2, 0.25) is 0 Å². The van der Waals surface area contributed by atoms with Gasteiger partial charge in [-0.3, -0.25) is 4.79 Å². The molecule has 8 heteroatoms. The smallest absolute Gasteiger partial charge is 0.253 e. The average Bonchev–Trinajstić information content (AvgIpc) is 3.33. The third kappa shape index (κ3) is 9.23. The highest BCUT2D eigenvalue weighted by atomic mass is 127. The van der Waals surface area contributed by atoms with Crippen LogP contribution in [-0.4, -0.2) is 68.9 Å². The van der Waals surface area contributed by atoms with Gasteiger partial charge < -0.3 is 25.0 Å². The summed E-state index contributed by atoms with van der Waals surface area (Å²) < 4.78 is 11.3. The van der Waals surface area contributed by atoms with E-state index in [0.29, 0.717) is 13.2 Å². The molecule has 0 aliphatic carbocycles. The molecule has 0 bridgehead atoms. The number of ether oxygens (including phenoxy) is 2. The zero-order valence-electron chi connectivity index (χ0n) is 19.3. The second kappa shape index (κ2) is 15.4. The Balaban J connectivity index is 0.00000363. The molecule has 2 aliphatic heterocycles. The van der Waals surface area contributed by atoms with Crippen LogP contribution in [0.4, 0.5) is 0 Å². The molecule has 2 heterocycles. The molecule has 7 nitrogen and oxygen atoms in total. The number of amides is 1. The molecule has 1 amide bonds. The first-order valence-corrected chi connectivity index (χ1v) is 11.9. The molecule has 1 aromatic rings. The number of aliphatic imine (C=N–C) groups is 1. The first-order chi connectivity index (χ1) is 15.3. The Kier molecular flexibility index (Phi) is 13.0. The number of likely N-dealkylation sites (tertiary alicyclic amines) is 1. The third-order valence-corrected chi connectivity index (χ3v) is 5.69. The Morgan fingerprint density at radius 2 is 1.94 bits per heavy atom. The van der Waals surface area contributed by atoms with Gasteiger partial charge in [-0.15, -0.1) is 24.0 Å². The summed E-state index contributed by atoms with van der Waals surface area (Å²) in [5.74, 6) is 0.946. The minimum absolute atomic E-state index is 0. The van der Waals surface area contributed by atoms with Crippen LogP contribution in [0.1, 0.15) is 61.4 Å². The van der Waals surface area contributed by atoms with Crippen molar-refractivity contribution < 1.29 is 14.3 Å². The van der Waals surface area contributed by atoms with Crippen molar-refractivity contribution in [2.45, 2.75) is 58.1 Å². The van der Waals surface area contributed by atoms with Crippen molar-refractivity contribution in [1.82, 2.24) is 15.5 Å². The molecule has 3 rings (SSSR count). The van der Waals surface area contributed by atoms with Crippen LogP contribution in [0.3, 0.4) is 0 Å². The van der Waals surface area contributed by atoms with Gasteiger partial charge in [0.25, 0.3) is 5.91 Å². The maximum Gasteiger partial charge on any atom is 0.253 e. The molecule has 2 fully saturated rings. The Labute approximate surface area is 209 Å². The predicted molar refractivity (Wildman–Crippen MR) is 139 cm³/mol. The zero-order chi connectivity index (χ0) is 21.7. The summed E-state index contributed by atoms with van der Waals surface area (Å²) in [7, 11) is 0. The van der Waals surface area contributed by atoms with E-state index >= 15 is 0 Å². The van der Waals surface area contributed by atoms with Crippen molar-refractivity contribution in [3.05, 3.63) is 35.4 Å². The van der Waals surface area contributed by atoms with Crippen LogP contribution in [-0.2, 0) is 16.0 Å². The summed E-state index contributed by atoms with van der Waals surface area (Å²) >= 11 is 0. The summed E-state index contributed by atoms with van der Waals surface area (Å²) in [5, 5.41) is 6.64. The van der Waals surface area contributed by atoms with E-state index in [2.05, 4.69) is 22.5 Å². The highest BCUT2D eigenvalue weighted by Gasteiger charge is 2.18. The Hall–Kier alpha value is -1.39. The van der Waals surface area contributed by atoms with Gasteiger partial charge in [-0.25, -0.2) is 4.99 Å². The van der Waals surface area contributed by atoms with Crippen LogP contribution in [0.5, 0.6) is 0 Å². The van der Waals surface area contributed by atoms with Gasteiger partial charge in [-0.1, -0.05) is 12.1 Å². The molecule has 2 N–H and O–H groups in total. The molecule has 1 unspecified atom stereocenters. The van der Waals surface area contributed by atoms with Crippen LogP contribution >= 0.6 is 24.0 Å². The maximum atomic E-state index is 12.6. The number of nitrogens with one attached hydrogen (secondary N) is 2. The maximum absolute atomic E-state index is 12.6. The summed E-state index contributed by atoms with van der Waals surface area (Å²) in [6.07, 6.45) is 6.92. The van der Waals surface area contributed by atoms with E-state index in [-0.39, 0.29) is 36.0 Å². The summed E-state index contributed by atoms with van der Waals surface area (Å²) in [6, 6.07) is 7.85. The first-order valence-electron chi connectivity index (χ1n) is 11.9. The van der Waals surface area contributed by atoms with Gasteiger partial charge in [0.1, 0.15) is 0 Å². The lowest BCUT2D eigenvalue weighted by Gasteiger charge is -2.26. The topological polar surface area (TPSA) is 75.2 Å². The SMILES string of the molecule is CCNC(=NCc1ccc(C(=O)N2CCCCC2)cc1)NCCCOCC1CCCO1.I. The lowest BCUT2D eigenvalue weighted by atomic mass is 10.1. The molecule has 1 aromatic carbocycles. The number of hydrogen-bond donors (Lipinski definition) is 2. The molecular formula is C24H39IN4O3. The van der Waals surface area contributed by atoms with Gasteiger partial charge in [-0.2, -0.15) is 0 Å². The number of hydrogen-bond acceptors (Lipinski definition) is 4. The van der Waals surface area contributed by atoms with Crippen molar-refractivity contribution >= 4 is 35.8 Å². The minimum Gasteiger partial charge on any atom is -0.379 e. The largest absolute Gasteiger partial charge is 0.379 e. The lowest BCUT2D eigenvalue weighted by Crippen LogP contribution is -2.38. The number of carbonyl (C=O) groups is 1. The number of piperidine rings is 1. The van der Waals surface area contributed by atoms with Crippen molar-refractivity contribution in [3.63, 3.8) is 0 Å². The summed E-state index contributed by atoms with van der Waals surface area (Å²) in [6.45, 7) is 8.29. The number of halogens is 1. The molecule has 2 aliphatic rings. The highest BCUT2D eigenvalue weighted by molar-refractivity contribution is 14.0. The average molecular weight is 559 g/mol. The molecule has 1 atom stereocenters. The van der Waals surface area contributed by atoms with Crippen molar-refractivity contribution in [2.75, 3.05) is 46.0 Å². The molecule has 0 radical (unpaired) electrons. The second-order valence-corrected chi connectivity index (χ2v) is 8.24. The highest BCUT2D eigenvalue weighted by Crippen LogP contribution is 2.14. The van der Waals surface area contributed by atoms with Crippen molar-refractivity contribution in [1.29, 1.82) is 0 Å². The molecule has 180 valence electrons. The normalized spacial score (nSPS) is 18.8. The first kappa shape index (κ1) is 26.9. The lowest BCUT2D eigenvalue weighted by molar-refractivity contribution is 0.0168. The van der Waals surface area contributed by atoms with Crippen LogP contribution in [0.15, 0.2) is 29.3 Å². The van der Waals surface area contributed by atoms with Crippen LogP contribution in [0.25, 0.3) is 0 Å². The number of rotatable bonds is 10. The van der Waals surface area contributed by atoms with Crippen LogP contribution in [0.2, 0.25) is 0 Å². The van der Waals surface area contributed by atoms with E-state index in [9.17, 15) is 4.79 Å². The predicted octanol–water partition coefficient (Wildman–Crippen LogP) is 3.57. The second-order valence-electron chi connectivity index (χ2n) is 8.24. The van der Waals surface area contributed by atoms with Crippen LogP contribution < -0.4 is 10.6 Å². The fourth-order valence-corrected chi connectivity index (χ4v) is 3.92. The summed E-state index contributed by atoms with van der Waals surface area (Å²) in [5.41, 5.74) is 1.86. The van der Waals surface area contributed by atoms with Gasteiger partial charge >= 0.3 is 0 Å². The Bertz CT molecular complexity index is 687. The van der Waals surface area contributed by atoms with Gasteiger partial charge in [-0.05, 0) is 63.1 Å². The Morgan fingerprint density at radius 3 is 2.62 bits per heavy atom. The standard InChI is InChI=1S/C24H38N4O3.HI/c1-2-25-24(26-13-7-16-30-19-22-8-6-17-31-22)27-18-20-9-11-21(12-10-20)23(29)28-14-4-3-5-15-28;/h9-12,22H,2-8,13-19H2,1H3,(H2,25,26,27);1H. The van der Waals surface area contributed by atoms with E-state index in [1.54, 1.807) is 0 Å². The van der Waals surface area contributed by atoms with Gasteiger partial charge in [0.05, 0.1) is 19.3 Å². The molecule has 32 heavy (non-hydrogen) atoms. The van der Waals surface area contributed by atoms with Gasteiger partial charge in [0.15, 0.2) is 5.96 Å². The van der Waals surface area contributed by atoms with Gasteiger partial charge in [0, 0.05) is 45.0 Å². The number of guanidine groups is 1. The molecule has 0 aromatic heterocycles. The number of carbonyl (C=O) groups excluding carboxylic acids is 1. The molecular weight excluding hydrogens is 519 g/mol. The van der Waals surface area contributed by atoms with E-state index in [0.717, 1.165) is 88.6 Å². The van der Waals surface area contributed by atoms with Crippen LogP contribution in [0, 0.1) is 0 Å². The number of nitrogens with zero attached hydrogens (tertiary/aromatic N) is 2. The van der Waals surface area contributed by atoms with E-state index in [1.165, 1.54) is 6.42 Å². The third-order valence-electron chi connectivity index (χ3n) is 5.69. The quantitative estimate of drug-likeness (QED) is 0.199.